The number of benzene rings is 1. The Labute approximate surface area is 171 Å². The lowest BCUT2D eigenvalue weighted by atomic mass is 9.92. The maximum atomic E-state index is 13.2. The maximum Gasteiger partial charge on any atom is 0.433 e. The predicted molar refractivity (Wildman–Crippen MR) is 107 cm³/mol. The summed E-state index contributed by atoms with van der Waals surface area (Å²) < 4.78 is 39.7. The molecule has 0 amide bonds. The van der Waals surface area contributed by atoms with Crippen molar-refractivity contribution in [2.24, 2.45) is 5.92 Å². The first-order chi connectivity index (χ1) is 14.4. The minimum absolute atomic E-state index is 0.0856. The molecule has 2 unspecified atom stereocenters. The summed E-state index contributed by atoms with van der Waals surface area (Å²) in [6.07, 6.45) is -0.794. The second-order valence-corrected chi connectivity index (χ2v) is 7.92. The Balaban J connectivity index is 1.43. The summed E-state index contributed by atoms with van der Waals surface area (Å²) >= 11 is 0. The third-order valence-corrected chi connectivity index (χ3v) is 6.03. The van der Waals surface area contributed by atoms with Gasteiger partial charge >= 0.3 is 6.18 Å². The molecule has 2 fully saturated rings. The number of hydrogen-bond donors (Lipinski definition) is 0. The standard InChI is InChI=1S/C21H21F3N6/c1-13-26-18(21(22,23)24)10-19(27-13)30-9-7-14-6-8-29(12-17(14)30)20-11-25-15-4-2-3-5-16(15)28-20/h2-5,10-11,14,17H,6-9,12H2,1H3. The molecule has 9 heteroatoms. The van der Waals surface area contributed by atoms with Crippen molar-refractivity contribution in [2.75, 3.05) is 29.4 Å². The number of piperidine rings is 1. The first-order valence-electron chi connectivity index (χ1n) is 10.0. The third-order valence-electron chi connectivity index (χ3n) is 6.03. The summed E-state index contributed by atoms with van der Waals surface area (Å²) in [5, 5.41) is 0. The van der Waals surface area contributed by atoms with E-state index in [0.29, 0.717) is 24.8 Å². The highest BCUT2D eigenvalue weighted by Gasteiger charge is 2.41. The third kappa shape index (κ3) is 3.42. The summed E-state index contributed by atoms with van der Waals surface area (Å²) in [4.78, 5) is 21.3. The Morgan fingerprint density at radius 2 is 1.73 bits per heavy atom. The molecule has 0 bridgehead atoms. The van der Waals surface area contributed by atoms with Crippen LogP contribution in [-0.2, 0) is 6.18 Å². The summed E-state index contributed by atoms with van der Waals surface area (Å²) in [7, 11) is 0. The highest BCUT2D eigenvalue weighted by molar-refractivity contribution is 5.75. The van der Waals surface area contributed by atoms with Crippen molar-refractivity contribution < 1.29 is 13.2 Å². The van der Waals surface area contributed by atoms with Crippen LogP contribution >= 0.6 is 0 Å². The molecule has 1 aromatic carbocycles. The van der Waals surface area contributed by atoms with E-state index in [9.17, 15) is 13.2 Å². The van der Waals surface area contributed by atoms with Gasteiger partial charge in [-0.05, 0) is 37.8 Å². The number of hydrogen-bond acceptors (Lipinski definition) is 6. The number of alkyl halides is 3. The topological polar surface area (TPSA) is 58.0 Å². The zero-order valence-corrected chi connectivity index (χ0v) is 16.5. The summed E-state index contributed by atoms with van der Waals surface area (Å²) in [5.74, 6) is 1.72. The molecule has 30 heavy (non-hydrogen) atoms. The van der Waals surface area contributed by atoms with Crippen LogP contribution in [0.3, 0.4) is 0 Å². The van der Waals surface area contributed by atoms with Crippen LogP contribution in [0.1, 0.15) is 24.4 Å². The number of aromatic nitrogens is 4. The fraction of sp³-hybridized carbons (Fsp3) is 0.429. The van der Waals surface area contributed by atoms with Crippen molar-refractivity contribution in [3.05, 3.63) is 48.0 Å². The molecule has 156 valence electrons. The lowest BCUT2D eigenvalue weighted by Crippen LogP contribution is -2.49. The minimum Gasteiger partial charge on any atom is -0.353 e. The fourth-order valence-electron chi connectivity index (χ4n) is 4.58. The summed E-state index contributed by atoms with van der Waals surface area (Å²) in [6, 6.07) is 8.88. The van der Waals surface area contributed by atoms with Crippen LogP contribution in [0.25, 0.3) is 11.0 Å². The molecule has 0 radical (unpaired) electrons. The average Bonchev–Trinajstić information content (AvgIpc) is 3.15. The van der Waals surface area contributed by atoms with Crippen LogP contribution in [0.2, 0.25) is 0 Å². The molecule has 2 aliphatic rings. The molecule has 4 heterocycles. The number of aryl methyl sites for hydroxylation is 1. The quantitative estimate of drug-likeness (QED) is 0.635. The van der Waals surface area contributed by atoms with Crippen LogP contribution < -0.4 is 9.80 Å². The summed E-state index contributed by atoms with van der Waals surface area (Å²) in [6.45, 7) is 3.74. The highest BCUT2D eigenvalue weighted by atomic mass is 19.4. The van der Waals surface area contributed by atoms with E-state index in [0.717, 1.165) is 42.3 Å². The lowest BCUT2D eigenvalue weighted by Gasteiger charge is -2.39. The molecule has 2 aromatic heterocycles. The minimum atomic E-state index is -4.49. The van der Waals surface area contributed by atoms with Gasteiger partial charge in [-0.3, -0.25) is 4.98 Å². The van der Waals surface area contributed by atoms with Crippen LogP contribution in [0, 0.1) is 12.8 Å². The Bertz CT molecular complexity index is 1090. The number of fused-ring (bicyclic) bond motifs is 2. The van der Waals surface area contributed by atoms with Crippen molar-refractivity contribution in [3.8, 4) is 0 Å². The lowest BCUT2D eigenvalue weighted by molar-refractivity contribution is -0.141. The van der Waals surface area contributed by atoms with Crippen LogP contribution in [0.4, 0.5) is 24.8 Å². The van der Waals surface area contributed by atoms with E-state index in [1.807, 2.05) is 29.2 Å². The van der Waals surface area contributed by atoms with Crippen molar-refractivity contribution in [1.82, 2.24) is 19.9 Å². The number of halogens is 3. The molecular formula is C21H21F3N6. The van der Waals surface area contributed by atoms with Gasteiger partial charge in [-0.2, -0.15) is 13.2 Å². The summed E-state index contributed by atoms with van der Waals surface area (Å²) in [5.41, 5.74) is 0.790. The number of para-hydroxylation sites is 2. The van der Waals surface area contributed by atoms with Gasteiger partial charge in [0.25, 0.3) is 0 Å². The SMILES string of the molecule is Cc1nc(N2CCC3CCN(c4cnc5ccccc5n4)CC32)cc(C(F)(F)F)n1. The van der Waals surface area contributed by atoms with Gasteiger partial charge in [0, 0.05) is 25.7 Å². The monoisotopic (exact) mass is 414 g/mol. The second-order valence-electron chi connectivity index (χ2n) is 7.92. The van der Waals surface area contributed by atoms with Gasteiger partial charge < -0.3 is 9.80 Å². The van der Waals surface area contributed by atoms with Crippen LogP contribution in [0.15, 0.2) is 36.5 Å². The van der Waals surface area contributed by atoms with E-state index < -0.39 is 11.9 Å². The van der Waals surface area contributed by atoms with Gasteiger partial charge in [0.05, 0.1) is 23.3 Å². The molecule has 0 N–H and O–H groups in total. The molecule has 0 saturated carbocycles. The fourth-order valence-corrected chi connectivity index (χ4v) is 4.58. The van der Waals surface area contributed by atoms with E-state index in [2.05, 4.69) is 19.9 Å². The largest absolute Gasteiger partial charge is 0.433 e. The Kier molecular flexibility index (Phi) is 4.48. The maximum absolute atomic E-state index is 13.2. The zero-order valence-electron chi connectivity index (χ0n) is 16.5. The van der Waals surface area contributed by atoms with Gasteiger partial charge in [0.1, 0.15) is 23.2 Å². The average molecular weight is 414 g/mol. The predicted octanol–water partition coefficient (Wildman–Crippen LogP) is 3.85. The molecule has 6 nitrogen and oxygen atoms in total. The first kappa shape index (κ1) is 19.0. The molecule has 2 saturated heterocycles. The van der Waals surface area contributed by atoms with E-state index in [4.69, 9.17) is 4.98 Å². The smallest absolute Gasteiger partial charge is 0.353 e. The van der Waals surface area contributed by atoms with Gasteiger partial charge in [-0.15, -0.1) is 0 Å². The van der Waals surface area contributed by atoms with E-state index in [-0.39, 0.29) is 11.9 Å². The molecule has 3 aromatic rings. The number of anilines is 2. The molecule has 0 spiro atoms. The van der Waals surface area contributed by atoms with Gasteiger partial charge in [0.15, 0.2) is 0 Å². The van der Waals surface area contributed by atoms with Gasteiger partial charge in [-0.1, -0.05) is 12.1 Å². The first-order valence-corrected chi connectivity index (χ1v) is 10.0. The molecule has 2 aliphatic heterocycles. The van der Waals surface area contributed by atoms with Crippen LogP contribution in [0.5, 0.6) is 0 Å². The molecule has 2 atom stereocenters. The molecule has 5 rings (SSSR count). The Morgan fingerprint density at radius 1 is 0.967 bits per heavy atom. The molecule has 0 aliphatic carbocycles. The van der Waals surface area contributed by atoms with E-state index in [1.165, 1.54) is 6.92 Å². The van der Waals surface area contributed by atoms with Gasteiger partial charge in [0.2, 0.25) is 0 Å². The van der Waals surface area contributed by atoms with E-state index >= 15 is 0 Å². The number of nitrogens with zero attached hydrogens (tertiary/aromatic N) is 6. The Hall–Kier alpha value is -2.97. The van der Waals surface area contributed by atoms with Crippen LogP contribution in [-0.4, -0.2) is 45.6 Å². The second kappa shape index (κ2) is 7.07. The van der Waals surface area contributed by atoms with Crippen molar-refractivity contribution in [2.45, 2.75) is 32.0 Å². The highest BCUT2D eigenvalue weighted by Crippen LogP contribution is 2.37. The van der Waals surface area contributed by atoms with Crippen molar-refractivity contribution in [3.63, 3.8) is 0 Å². The Morgan fingerprint density at radius 3 is 2.53 bits per heavy atom. The molecular weight excluding hydrogens is 393 g/mol. The van der Waals surface area contributed by atoms with Crippen molar-refractivity contribution in [1.29, 1.82) is 0 Å². The normalized spacial score (nSPS) is 21.9. The number of rotatable bonds is 2. The van der Waals surface area contributed by atoms with Gasteiger partial charge in [-0.25, -0.2) is 15.0 Å². The van der Waals surface area contributed by atoms with E-state index in [1.54, 1.807) is 6.20 Å². The van der Waals surface area contributed by atoms with Crippen molar-refractivity contribution >= 4 is 22.7 Å². The zero-order chi connectivity index (χ0) is 20.9.